The third-order valence-corrected chi connectivity index (χ3v) is 12.6. The molecule has 0 atom stereocenters. The van der Waals surface area contributed by atoms with Gasteiger partial charge in [0.2, 0.25) is 0 Å². The molecule has 1 aliphatic carbocycles. The van der Waals surface area contributed by atoms with E-state index in [0.717, 1.165) is 22.8 Å². The van der Waals surface area contributed by atoms with Gasteiger partial charge in [0, 0.05) is 44.9 Å². The molecule has 0 N–H and O–H groups in total. The minimum atomic E-state index is -0.189. The fraction of sp³-hybridized carbons (Fsp3) is 0.113. The van der Waals surface area contributed by atoms with Crippen LogP contribution in [0.3, 0.4) is 0 Å². The summed E-state index contributed by atoms with van der Waals surface area (Å²) in [6.45, 7) is 9.30. The van der Waals surface area contributed by atoms with Crippen LogP contribution in [0.25, 0.3) is 60.9 Å². The first-order valence-electron chi connectivity index (χ1n) is 19.6. The average Bonchev–Trinajstić information content (AvgIpc) is 3.69. The normalized spacial score (nSPS) is 14.4. The number of aromatic nitrogens is 2. The molecule has 0 amide bonds. The lowest BCUT2D eigenvalue weighted by molar-refractivity contribution is 0.606. The number of benzene rings is 7. The Morgan fingerprint density at radius 1 is 0.446 bits per heavy atom. The van der Waals surface area contributed by atoms with Gasteiger partial charge in [-0.15, -0.1) is 0 Å². The SMILES string of the molecule is CC1(C)c2ccccc2-c2ccc(N(c3ccc(-c4ccccc4)cc3)c3ccc(-c4ccc5c(c4)c4cccc6c4n5-c4cccnc4C6(C)C)cc3)cc21. The molecule has 0 saturated carbocycles. The Bertz CT molecular complexity index is 3000. The van der Waals surface area contributed by atoms with Crippen molar-refractivity contribution in [3.63, 3.8) is 0 Å². The molecule has 3 nitrogen and oxygen atoms in total. The molecule has 3 heteroatoms. The van der Waals surface area contributed by atoms with Gasteiger partial charge in [0.25, 0.3) is 0 Å². The van der Waals surface area contributed by atoms with Crippen LogP contribution in [0.1, 0.15) is 50.1 Å². The van der Waals surface area contributed by atoms with E-state index in [2.05, 4.69) is 207 Å². The minimum Gasteiger partial charge on any atom is -0.310 e. The van der Waals surface area contributed by atoms with Gasteiger partial charge < -0.3 is 9.47 Å². The molecule has 56 heavy (non-hydrogen) atoms. The summed E-state index contributed by atoms with van der Waals surface area (Å²) in [5.74, 6) is 0. The Hall–Kier alpha value is -6.71. The van der Waals surface area contributed by atoms with E-state index in [-0.39, 0.29) is 10.8 Å². The van der Waals surface area contributed by atoms with Crippen LogP contribution in [-0.4, -0.2) is 9.55 Å². The Morgan fingerprint density at radius 2 is 1.07 bits per heavy atom. The van der Waals surface area contributed by atoms with E-state index >= 15 is 0 Å². The van der Waals surface area contributed by atoms with E-state index in [4.69, 9.17) is 4.98 Å². The molecule has 0 fully saturated rings. The maximum atomic E-state index is 4.90. The van der Waals surface area contributed by atoms with Crippen molar-refractivity contribution in [2.24, 2.45) is 0 Å². The van der Waals surface area contributed by atoms with Crippen molar-refractivity contribution in [2.75, 3.05) is 4.90 Å². The van der Waals surface area contributed by atoms with Gasteiger partial charge in [-0.25, -0.2) is 0 Å². The summed E-state index contributed by atoms with van der Waals surface area (Å²) in [6.07, 6.45) is 1.92. The largest absolute Gasteiger partial charge is 0.310 e. The van der Waals surface area contributed by atoms with Crippen LogP contribution in [0.2, 0.25) is 0 Å². The highest BCUT2D eigenvalue weighted by atomic mass is 15.1. The van der Waals surface area contributed by atoms with Crippen LogP contribution >= 0.6 is 0 Å². The van der Waals surface area contributed by atoms with Crippen LogP contribution in [0.5, 0.6) is 0 Å². The summed E-state index contributed by atoms with van der Waals surface area (Å²) in [6, 6.07) is 62.6. The molecule has 1 aliphatic heterocycles. The number of fused-ring (bicyclic) bond motifs is 8. The Labute approximate surface area is 328 Å². The van der Waals surface area contributed by atoms with E-state index in [1.165, 1.54) is 77.6 Å². The zero-order valence-electron chi connectivity index (χ0n) is 32.1. The molecule has 268 valence electrons. The van der Waals surface area contributed by atoms with Crippen molar-refractivity contribution < 1.29 is 0 Å². The third-order valence-electron chi connectivity index (χ3n) is 12.6. The standard InChI is InChI=1S/C53H41N3/c1-52(2)45-16-9-8-14-41(45)42-29-28-40(33-47(42)52)55(38-24-19-35(20-25-38)34-12-6-5-7-13-34)39-26-21-36(22-27-39)37-23-30-48-44(32-37)43-15-10-17-46-50(43)56(48)49-18-11-31-54-51(49)53(46,3)4/h5-33H,1-4H3. The Kier molecular flexibility index (Phi) is 6.94. The van der Waals surface area contributed by atoms with Crippen LogP contribution in [0.4, 0.5) is 17.1 Å². The van der Waals surface area contributed by atoms with E-state index < -0.39 is 0 Å². The van der Waals surface area contributed by atoms with Crippen LogP contribution in [0.15, 0.2) is 176 Å². The lowest BCUT2D eigenvalue weighted by Crippen LogP contribution is -2.27. The van der Waals surface area contributed by atoms with E-state index in [9.17, 15) is 0 Å². The molecular weight excluding hydrogens is 679 g/mol. The van der Waals surface area contributed by atoms with Gasteiger partial charge in [0.05, 0.1) is 22.4 Å². The first-order valence-corrected chi connectivity index (χ1v) is 19.6. The lowest BCUT2D eigenvalue weighted by atomic mass is 9.77. The number of hydrogen-bond donors (Lipinski definition) is 0. The predicted octanol–water partition coefficient (Wildman–Crippen LogP) is 13.9. The summed E-state index contributed by atoms with van der Waals surface area (Å²) < 4.78 is 2.43. The van der Waals surface area contributed by atoms with Crippen molar-refractivity contribution in [3.05, 3.63) is 198 Å². The quantitative estimate of drug-likeness (QED) is 0.177. The van der Waals surface area contributed by atoms with E-state index in [1.807, 2.05) is 6.20 Å². The number of nitrogens with zero attached hydrogens (tertiary/aromatic N) is 3. The summed E-state index contributed by atoms with van der Waals surface area (Å²) in [5.41, 5.74) is 19.4. The first-order chi connectivity index (χ1) is 27.3. The molecule has 0 radical (unpaired) electrons. The fourth-order valence-corrected chi connectivity index (χ4v) is 9.70. The van der Waals surface area contributed by atoms with Crippen LogP contribution in [0, 0.1) is 0 Å². The third kappa shape index (κ3) is 4.67. The minimum absolute atomic E-state index is 0.0923. The molecule has 0 spiro atoms. The Balaban J connectivity index is 1.02. The molecule has 0 bridgehead atoms. The number of para-hydroxylation sites is 1. The fourth-order valence-electron chi connectivity index (χ4n) is 9.70. The lowest BCUT2D eigenvalue weighted by Gasteiger charge is -2.33. The first kappa shape index (κ1) is 32.7. The molecule has 3 heterocycles. The number of rotatable bonds is 5. The van der Waals surface area contributed by atoms with Crippen LogP contribution in [-0.2, 0) is 10.8 Å². The van der Waals surface area contributed by atoms with Gasteiger partial charge in [0.1, 0.15) is 0 Å². The molecule has 7 aromatic carbocycles. The van der Waals surface area contributed by atoms with Crippen molar-refractivity contribution in [2.45, 2.75) is 38.5 Å². The monoisotopic (exact) mass is 719 g/mol. The Morgan fingerprint density at radius 3 is 1.84 bits per heavy atom. The van der Waals surface area contributed by atoms with E-state index in [1.54, 1.807) is 0 Å². The molecule has 2 aliphatic rings. The number of pyridine rings is 1. The molecule has 2 aromatic heterocycles. The maximum absolute atomic E-state index is 4.90. The highest BCUT2D eigenvalue weighted by molar-refractivity contribution is 6.12. The summed E-state index contributed by atoms with van der Waals surface area (Å²) in [5, 5.41) is 2.54. The number of anilines is 3. The highest BCUT2D eigenvalue weighted by Gasteiger charge is 2.37. The van der Waals surface area contributed by atoms with Crippen molar-refractivity contribution in [1.82, 2.24) is 9.55 Å². The average molecular weight is 720 g/mol. The highest BCUT2D eigenvalue weighted by Crippen LogP contribution is 2.51. The molecular formula is C53H41N3. The van der Waals surface area contributed by atoms with Crippen molar-refractivity contribution >= 4 is 38.9 Å². The van der Waals surface area contributed by atoms with Gasteiger partial charge in [-0.1, -0.05) is 123 Å². The van der Waals surface area contributed by atoms with Gasteiger partial charge in [0.15, 0.2) is 0 Å². The number of hydrogen-bond acceptors (Lipinski definition) is 2. The smallest absolute Gasteiger partial charge is 0.0744 e. The topological polar surface area (TPSA) is 21.1 Å². The summed E-state index contributed by atoms with van der Waals surface area (Å²) in [4.78, 5) is 7.30. The summed E-state index contributed by atoms with van der Waals surface area (Å²) >= 11 is 0. The van der Waals surface area contributed by atoms with E-state index in [0.29, 0.717) is 0 Å². The summed E-state index contributed by atoms with van der Waals surface area (Å²) in [7, 11) is 0. The predicted molar refractivity (Wildman–Crippen MR) is 234 cm³/mol. The second kappa shape index (κ2) is 11.9. The van der Waals surface area contributed by atoms with Crippen LogP contribution < -0.4 is 4.90 Å². The van der Waals surface area contributed by atoms with Gasteiger partial charge >= 0.3 is 0 Å². The second-order valence-electron chi connectivity index (χ2n) is 16.5. The van der Waals surface area contributed by atoms with Gasteiger partial charge in [-0.05, 0) is 125 Å². The van der Waals surface area contributed by atoms with Crippen molar-refractivity contribution in [1.29, 1.82) is 0 Å². The zero-order chi connectivity index (χ0) is 37.8. The van der Waals surface area contributed by atoms with Gasteiger partial charge in [-0.3, -0.25) is 4.98 Å². The molecule has 9 aromatic rings. The molecule has 0 unspecified atom stereocenters. The molecule has 0 saturated heterocycles. The molecule has 11 rings (SSSR count). The second-order valence-corrected chi connectivity index (χ2v) is 16.5. The zero-order valence-corrected chi connectivity index (χ0v) is 32.1. The van der Waals surface area contributed by atoms with Gasteiger partial charge in [-0.2, -0.15) is 0 Å². The maximum Gasteiger partial charge on any atom is 0.0744 e. The van der Waals surface area contributed by atoms with Crippen molar-refractivity contribution in [3.8, 4) is 39.1 Å².